The van der Waals surface area contributed by atoms with Crippen LogP contribution in [0.5, 0.6) is 0 Å². The van der Waals surface area contributed by atoms with Gasteiger partial charge >= 0.3 is 11.9 Å². The largest absolute Gasteiger partial charge is 0.477 e. The van der Waals surface area contributed by atoms with Gasteiger partial charge in [-0.15, -0.1) is 0 Å². The molecule has 0 spiro atoms. The highest BCUT2D eigenvalue weighted by Gasteiger charge is 2.63. The molecule has 0 unspecified atom stereocenters. The highest BCUT2D eigenvalue weighted by Crippen LogP contribution is 2.42. The molecule has 0 radical (unpaired) electrons. The van der Waals surface area contributed by atoms with Crippen molar-refractivity contribution in [1.29, 1.82) is 0 Å². The van der Waals surface area contributed by atoms with Crippen LogP contribution in [0.3, 0.4) is 0 Å². The third kappa shape index (κ3) is 18.1. The van der Waals surface area contributed by atoms with E-state index in [1.165, 1.54) is 0 Å². The van der Waals surface area contributed by atoms with Gasteiger partial charge < -0.3 is 185 Å². The van der Waals surface area contributed by atoms with Crippen LogP contribution in [-0.2, 0) is 85.6 Å². The van der Waals surface area contributed by atoms with Crippen LogP contribution in [0.4, 0.5) is 0 Å². The summed E-state index contributed by atoms with van der Waals surface area (Å²) in [6.07, 6.45) is -63.3. The van der Waals surface area contributed by atoms with E-state index in [9.17, 15) is 136 Å². The average molecular weight is 1390 g/mol. The van der Waals surface area contributed by atoms with Gasteiger partial charge in [0.15, 0.2) is 25.2 Å². The molecule has 6 aliphatic heterocycles. The maximum atomic E-state index is 13.8. The van der Waals surface area contributed by atoms with E-state index in [1.54, 1.807) is 0 Å². The van der Waals surface area contributed by atoms with Gasteiger partial charge in [-0.25, -0.2) is 9.59 Å². The lowest BCUT2D eigenvalue weighted by atomic mass is 9.88. The zero-order valence-electron chi connectivity index (χ0n) is 50.8. The molecule has 33 atom stereocenters. The van der Waals surface area contributed by atoms with E-state index in [2.05, 4.69) is 21.3 Å². The third-order valence-corrected chi connectivity index (χ3v) is 16.5. The molecule has 95 heavy (non-hydrogen) atoms. The molecular weight excluding hydrogens is 1300 g/mol. The minimum atomic E-state index is -3.53. The van der Waals surface area contributed by atoms with Gasteiger partial charge in [-0.1, -0.05) is 0 Å². The van der Waals surface area contributed by atoms with Gasteiger partial charge in [0.05, 0.1) is 83.2 Å². The summed E-state index contributed by atoms with van der Waals surface area (Å²) in [5, 5.41) is 239. The number of nitrogens with one attached hydrogen (secondary N) is 4. The van der Waals surface area contributed by atoms with Crippen LogP contribution in [0, 0.1) is 0 Å². The van der Waals surface area contributed by atoms with Crippen molar-refractivity contribution in [2.75, 3.05) is 52.9 Å². The summed E-state index contributed by atoms with van der Waals surface area (Å²) in [6, 6.07) is -6.90. The van der Waals surface area contributed by atoms with Crippen molar-refractivity contribution in [2.45, 2.75) is 235 Å². The van der Waals surface area contributed by atoms with Crippen molar-refractivity contribution in [3.8, 4) is 0 Å². The van der Waals surface area contributed by atoms with Gasteiger partial charge in [0.25, 0.3) is 11.6 Å². The van der Waals surface area contributed by atoms with Gasteiger partial charge in [-0.3, -0.25) is 19.2 Å². The molecule has 43 nitrogen and oxygen atoms in total. The van der Waals surface area contributed by atoms with Crippen LogP contribution < -0.4 is 21.3 Å². The standard InChI is InChI=1S/C52H86N4O39/c1-15(64)54-27-19(67)4-51(49(80)81,93-42(27)30(71)21(69)7-58)85-13-26-33(74)41(92-47-36(77)34(75)32(73)23(9-60)86-47)29(56-17(3)66)45(89-26)91-40-25(11-62)88-48(90-39-24(10-61)87-46(37(78)35(39)76)84-12-18(6-57)53-14-63)38(79)44(40)95-52(50(82)83)5-20(68)28(55-16(2)65)43(94-52)31(72)22(70)8-59/h14,18-48,57-62,67-79H,4-13H2,1-3H3,(H,53,63)(H,54,64)(H,55,65)(H,56,66)(H,80,81)(H,82,83)/t18-,19+,20+,21-,22-,23-,24-,25-,26-,27-,28-,29-,30-,31-,32+,33+,34+,35-,36-,37-,38-,39-,40+,41-,42-,43-,44-,45+,46-,47+,48+,51-,52+/m1/s1. The Hall–Kier alpha value is -4.42. The SMILES string of the molecule is CC(=O)N[C@H]1[C@H](O[C@@H]2[C@H](O[C@]3(C(=O)O)C[C@H](O)[C@@H](NC(C)=O)[C@H]([C@H](O)[C@H](O)CO)O3)[C@@H](O)[C@H](O[C@H]3[C@H](O)[C@@H](O)[C@H](OC[C@@H](CO)NC=O)O[C@@H]3CO)O[C@@H]2CO)O[C@H](CO[C@]2(C(=O)O)C[C@H](O)[C@@H](NC(C)=O)[C@H]([C@H](O)[C@H](O)CO)O2)[C@H](O)[C@@H]1O[C@@H]1O[C@H](CO)[C@H](O)[C@H](O)[C@H]1O. The summed E-state index contributed by atoms with van der Waals surface area (Å²) < 4.78 is 70.5. The summed E-state index contributed by atoms with van der Waals surface area (Å²) in [4.78, 5) is 76.3. The lowest BCUT2D eigenvalue weighted by Gasteiger charge is -2.53. The topological polar surface area (TPSA) is 686 Å². The Bertz CT molecular complexity index is 2500. The first kappa shape index (κ1) is 79.6. The lowest BCUT2D eigenvalue weighted by Crippen LogP contribution is -2.72. The predicted molar refractivity (Wildman–Crippen MR) is 292 cm³/mol. The van der Waals surface area contributed by atoms with Gasteiger partial charge in [0.2, 0.25) is 24.1 Å². The van der Waals surface area contributed by atoms with Crippen LogP contribution in [0.2, 0.25) is 0 Å². The Labute approximate surface area is 537 Å². The summed E-state index contributed by atoms with van der Waals surface area (Å²) in [7, 11) is 0. The van der Waals surface area contributed by atoms with Gasteiger partial charge in [0.1, 0.15) is 134 Å². The number of hydrogen-bond donors (Lipinski definition) is 25. The molecule has 0 aromatic rings. The number of aliphatic hydroxyl groups is 19. The van der Waals surface area contributed by atoms with Crippen LogP contribution >= 0.6 is 0 Å². The monoisotopic (exact) mass is 1390 g/mol. The fraction of sp³-hybridized carbons (Fsp3) is 0.885. The quantitative estimate of drug-likeness (QED) is 0.0287. The Morgan fingerprint density at radius 3 is 1.43 bits per heavy atom. The molecule has 0 aromatic carbocycles. The zero-order chi connectivity index (χ0) is 70.9. The molecule has 0 aromatic heterocycles. The number of carboxylic acids is 2. The molecule has 25 N–H and O–H groups in total. The van der Waals surface area contributed by atoms with Crippen molar-refractivity contribution in [2.24, 2.45) is 0 Å². The van der Waals surface area contributed by atoms with E-state index < -0.39 is 297 Å². The van der Waals surface area contributed by atoms with E-state index in [0.29, 0.717) is 0 Å². The Kier molecular flexibility index (Phi) is 29.0. The highest BCUT2D eigenvalue weighted by atomic mass is 16.8. The molecule has 6 rings (SSSR count). The fourth-order valence-corrected chi connectivity index (χ4v) is 11.6. The average Bonchev–Trinajstić information content (AvgIpc) is 0.758. The molecule has 4 amide bonds. The molecule has 43 heteroatoms. The maximum absolute atomic E-state index is 13.8. The first-order valence-electron chi connectivity index (χ1n) is 29.6. The van der Waals surface area contributed by atoms with E-state index >= 15 is 0 Å². The lowest BCUT2D eigenvalue weighted by molar-refractivity contribution is -0.404. The number of aliphatic hydroxyl groups excluding tert-OH is 19. The second kappa shape index (κ2) is 34.6. The van der Waals surface area contributed by atoms with Crippen molar-refractivity contribution in [3.05, 3.63) is 0 Å². The Balaban J connectivity index is 1.50. The molecule has 6 saturated heterocycles. The number of ether oxygens (including phenoxy) is 12. The van der Waals surface area contributed by atoms with E-state index in [0.717, 1.165) is 20.8 Å². The molecule has 0 saturated carbocycles. The maximum Gasteiger partial charge on any atom is 0.364 e. The number of carbonyl (C=O) groups is 6. The van der Waals surface area contributed by atoms with E-state index in [-0.39, 0.29) is 6.41 Å². The molecule has 6 fully saturated rings. The van der Waals surface area contributed by atoms with Crippen LogP contribution in [0.15, 0.2) is 0 Å². The smallest absolute Gasteiger partial charge is 0.364 e. The molecule has 6 heterocycles. The Morgan fingerprint density at radius 2 is 0.937 bits per heavy atom. The minimum absolute atomic E-state index is 0.205. The molecule has 0 aliphatic carbocycles. The van der Waals surface area contributed by atoms with Crippen molar-refractivity contribution in [1.82, 2.24) is 21.3 Å². The third-order valence-electron chi connectivity index (χ3n) is 16.5. The summed E-state index contributed by atoms with van der Waals surface area (Å²) in [5.41, 5.74) is 0. The molecule has 6 aliphatic rings. The number of rotatable bonds is 31. The number of carbonyl (C=O) groups excluding carboxylic acids is 4. The summed E-state index contributed by atoms with van der Waals surface area (Å²) >= 11 is 0. The summed E-state index contributed by atoms with van der Waals surface area (Å²) in [6.45, 7) is -6.07. The number of carboxylic acid groups (broad SMARTS) is 2. The molecular formula is C52H86N4O39. The summed E-state index contributed by atoms with van der Waals surface area (Å²) in [5.74, 6) is -14.1. The Morgan fingerprint density at radius 1 is 0.495 bits per heavy atom. The van der Waals surface area contributed by atoms with Gasteiger partial charge in [-0.2, -0.15) is 0 Å². The van der Waals surface area contributed by atoms with Crippen LogP contribution in [-0.4, -0.2) is 397 Å². The van der Waals surface area contributed by atoms with Gasteiger partial charge in [-0.05, 0) is 0 Å². The van der Waals surface area contributed by atoms with Crippen molar-refractivity contribution in [3.63, 3.8) is 0 Å². The first-order valence-corrected chi connectivity index (χ1v) is 29.6. The zero-order valence-corrected chi connectivity index (χ0v) is 50.8. The highest BCUT2D eigenvalue weighted by molar-refractivity contribution is 5.77. The van der Waals surface area contributed by atoms with E-state index in [1.807, 2.05) is 0 Å². The fourth-order valence-electron chi connectivity index (χ4n) is 11.6. The number of amides is 4. The van der Waals surface area contributed by atoms with Crippen LogP contribution in [0.25, 0.3) is 0 Å². The second-order valence-electron chi connectivity index (χ2n) is 23.3. The van der Waals surface area contributed by atoms with E-state index in [4.69, 9.17) is 56.8 Å². The molecule has 0 bridgehead atoms. The minimum Gasteiger partial charge on any atom is -0.477 e. The van der Waals surface area contributed by atoms with Crippen molar-refractivity contribution < 1.29 is 193 Å². The molecule has 548 valence electrons. The normalized spacial score (nSPS) is 42.5. The first-order chi connectivity index (χ1) is 44.7. The predicted octanol–water partition coefficient (Wildman–Crippen LogP) is -16.1. The number of aliphatic carboxylic acids is 2. The number of hydrogen-bond acceptors (Lipinski definition) is 37. The van der Waals surface area contributed by atoms with Crippen LogP contribution in [0.1, 0.15) is 33.6 Å². The second-order valence-corrected chi connectivity index (χ2v) is 23.3. The van der Waals surface area contributed by atoms with Gasteiger partial charge in [0, 0.05) is 33.6 Å². The van der Waals surface area contributed by atoms with Crippen molar-refractivity contribution >= 4 is 36.1 Å².